The van der Waals surface area contributed by atoms with Crippen LogP contribution in [-0.4, -0.2) is 52.3 Å². The van der Waals surface area contributed by atoms with E-state index < -0.39 is 5.91 Å². The number of carbonyl (C=O) groups excluding carboxylic acids is 1. The average Bonchev–Trinajstić information content (AvgIpc) is 3.36. The van der Waals surface area contributed by atoms with Gasteiger partial charge in [-0.1, -0.05) is 24.3 Å². The van der Waals surface area contributed by atoms with Crippen molar-refractivity contribution >= 4 is 39.8 Å². The molecule has 0 radical (unpaired) electrons. The highest BCUT2D eigenvalue weighted by Gasteiger charge is 2.36. The van der Waals surface area contributed by atoms with Gasteiger partial charge in [-0.25, -0.2) is 0 Å². The first-order valence-electron chi connectivity index (χ1n) is 11.5. The number of benzene rings is 2. The quantitative estimate of drug-likeness (QED) is 0.329. The highest BCUT2D eigenvalue weighted by Crippen LogP contribution is 2.32. The van der Waals surface area contributed by atoms with Crippen LogP contribution in [0.4, 0.5) is 0 Å². The number of nitrogens with zero attached hydrogens (tertiary/aromatic N) is 4. The van der Waals surface area contributed by atoms with Crippen molar-refractivity contribution in [3.63, 3.8) is 0 Å². The number of methoxy groups -OCH3 is 1. The number of hydrazone groups is 1. The number of pyridine rings is 1. The number of para-hydroxylation sites is 1. The number of thioether (sulfide) groups is 1. The molecule has 1 amide bonds. The maximum Gasteiger partial charge on any atom is 0.283 e. The predicted molar refractivity (Wildman–Crippen MR) is 143 cm³/mol. The van der Waals surface area contributed by atoms with E-state index in [-0.39, 0.29) is 11.4 Å². The van der Waals surface area contributed by atoms with Crippen LogP contribution in [0.25, 0.3) is 6.08 Å². The van der Waals surface area contributed by atoms with Crippen molar-refractivity contribution in [2.45, 2.75) is 6.42 Å². The van der Waals surface area contributed by atoms with Crippen LogP contribution in [0.1, 0.15) is 17.5 Å². The van der Waals surface area contributed by atoms with Gasteiger partial charge in [-0.3, -0.25) is 15.2 Å². The second-order valence-corrected chi connectivity index (χ2v) is 8.90. The molecule has 186 valence electrons. The Hall–Kier alpha value is -4.44. The molecule has 2 aliphatic rings. The third-order valence-electron chi connectivity index (χ3n) is 5.42. The van der Waals surface area contributed by atoms with Crippen molar-refractivity contribution in [1.29, 1.82) is 5.41 Å². The fourth-order valence-corrected chi connectivity index (χ4v) is 4.49. The number of amides is 1. The standard InChI is InChI=1S/C27H23N5O4S/c1-34-23-16-18(10-11-22(23)36-14-6-13-35-20-8-3-2-4-9-20)15-21-24(28)32-27(30-25(21)33)37-26(31-32)19-7-5-12-29-17-19/h2-5,7-12,15-17,28H,6,13-14H2,1H3/b21-15+,28-24?. The van der Waals surface area contributed by atoms with Gasteiger partial charge in [0.2, 0.25) is 5.17 Å². The molecule has 0 aliphatic carbocycles. The molecule has 1 aromatic heterocycles. The second-order valence-electron chi connectivity index (χ2n) is 7.94. The largest absolute Gasteiger partial charge is 0.493 e. The van der Waals surface area contributed by atoms with Crippen molar-refractivity contribution in [3.05, 3.63) is 89.8 Å². The van der Waals surface area contributed by atoms with E-state index in [4.69, 9.17) is 19.6 Å². The predicted octanol–water partition coefficient (Wildman–Crippen LogP) is 4.61. The molecule has 0 spiro atoms. The van der Waals surface area contributed by atoms with Gasteiger partial charge in [-0.2, -0.15) is 15.1 Å². The van der Waals surface area contributed by atoms with E-state index >= 15 is 0 Å². The van der Waals surface area contributed by atoms with Crippen molar-refractivity contribution in [3.8, 4) is 17.2 Å². The zero-order chi connectivity index (χ0) is 25.6. The maximum atomic E-state index is 12.8. The Kier molecular flexibility index (Phi) is 7.27. The molecule has 0 saturated carbocycles. The molecule has 0 bridgehead atoms. The lowest BCUT2D eigenvalue weighted by atomic mass is 10.1. The molecular formula is C27H23N5O4S. The molecule has 0 unspecified atom stereocenters. The molecule has 1 N–H and O–H groups in total. The minimum atomic E-state index is -0.496. The van der Waals surface area contributed by atoms with Gasteiger partial charge in [0, 0.05) is 24.4 Å². The van der Waals surface area contributed by atoms with Crippen LogP contribution in [0, 0.1) is 5.41 Å². The number of carbonyl (C=O) groups is 1. The number of ether oxygens (including phenoxy) is 3. The fraction of sp³-hybridized carbons (Fsp3) is 0.148. The van der Waals surface area contributed by atoms with Crippen molar-refractivity contribution < 1.29 is 19.0 Å². The van der Waals surface area contributed by atoms with Crippen LogP contribution < -0.4 is 14.2 Å². The summed E-state index contributed by atoms with van der Waals surface area (Å²) < 4.78 is 17.1. The molecule has 3 aromatic rings. The molecular weight excluding hydrogens is 490 g/mol. The van der Waals surface area contributed by atoms with Gasteiger partial charge >= 0.3 is 0 Å². The van der Waals surface area contributed by atoms with Crippen LogP contribution >= 0.6 is 11.8 Å². The summed E-state index contributed by atoms with van der Waals surface area (Å²) in [5.74, 6) is 1.38. The van der Waals surface area contributed by atoms with Gasteiger partial charge in [-0.15, -0.1) is 0 Å². The Morgan fingerprint density at radius 2 is 1.86 bits per heavy atom. The van der Waals surface area contributed by atoms with Crippen molar-refractivity contribution in [2.75, 3.05) is 20.3 Å². The van der Waals surface area contributed by atoms with E-state index in [9.17, 15) is 4.79 Å². The van der Waals surface area contributed by atoms with Crippen LogP contribution in [0.15, 0.2) is 88.7 Å². The molecule has 9 nitrogen and oxygen atoms in total. The number of hydrogen-bond acceptors (Lipinski definition) is 8. The van der Waals surface area contributed by atoms with E-state index in [0.717, 1.165) is 11.3 Å². The van der Waals surface area contributed by atoms with Gasteiger partial charge in [0.15, 0.2) is 17.3 Å². The molecule has 0 atom stereocenters. The third kappa shape index (κ3) is 5.54. The fourth-order valence-electron chi connectivity index (χ4n) is 3.61. The monoisotopic (exact) mass is 513 g/mol. The number of hydrogen-bond donors (Lipinski definition) is 1. The summed E-state index contributed by atoms with van der Waals surface area (Å²) in [6.07, 6.45) is 5.66. The summed E-state index contributed by atoms with van der Waals surface area (Å²) in [5.41, 5.74) is 1.60. The Bertz CT molecular complexity index is 1410. The van der Waals surface area contributed by atoms with E-state index in [1.807, 2.05) is 36.4 Å². The Balaban J connectivity index is 1.25. The van der Waals surface area contributed by atoms with Crippen molar-refractivity contribution in [2.24, 2.45) is 10.1 Å². The van der Waals surface area contributed by atoms with Crippen LogP contribution in [0.2, 0.25) is 0 Å². The van der Waals surface area contributed by atoms with Crippen molar-refractivity contribution in [1.82, 2.24) is 9.99 Å². The van der Waals surface area contributed by atoms with Gasteiger partial charge in [-0.05, 0) is 59.8 Å². The summed E-state index contributed by atoms with van der Waals surface area (Å²) in [4.78, 5) is 21.0. The SMILES string of the molecule is COc1cc(/C=C2\C(=N)N3N=C(c4cccnc4)SC3=NC2=O)ccc1OCCCOc1ccccc1. The minimum absolute atomic E-state index is 0.0425. The van der Waals surface area contributed by atoms with Crippen LogP contribution in [-0.2, 0) is 4.79 Å². The third-order valence-corrected chi connectivity index (χ3v) is 6.38. The number of fused-ring (bicyclic) bond motifs is 1. The number of amidine groups is 2. The highest BCUT2D eigenvalue weighted by atomic mass is 32.2. The molecule has 3 heterocycles. The Morgan fingerprint density at radius 1 is 1.03 bits per heavy atom. The lowest BCUT2D eigenvalue weighted by molar-refractivity contribution is -0.114. The first-order chi connectivity index (χ1) is 18.1. The Labute approximate surface area is 218 Å². The summed E-state index contributed by atoms with van der Waals surface area (Å²) in [6.45, 7) is 0.983. The Morgan fingerprint density at radius 3 is 2.65 bits per heavy atom. The molecule has 2 aromatic carbocycles. The van der Waals surface area contributed by atoms with E-state index in [0.29, 0.717) is 46.9 Å². The van der Waals surface area contributed by atoms with E-state index in [1.54, 1.807) is 49.8 Å². The summed E-state index contributed by atoms with van der Waals surface area (Å²) in [6, 6.07) is 18.6. The number of rotatable bonds is 9. The molecule has 10 heteroatoms. The molecule has 0 saturated heterocycles. The van der Waals surface area contributed by atoms with Gasteiger partial charge < -0.3 is 14.2 Å². The zero-order valence-electron chi connectivity index (χ0n) is 20.0. The van der Waals surface area contributed by atoms with Crippen LogP contribution in [0.5, 0.6) is 17.2 Å². The lowest BCUT2D eigenvalue weighted by Crippen LogP contribution is -2.35. The van der Waals surface area contributed by atoms with E-state index in [1.165, 1.54) is 16.8 Å². The molecule has 37 heavy (non-hydrogen) atoms. The smallest absolute Gasteiger partial charge is 0.283 e. The molecule has 2 aliphatic heterocycles. The number of aromatic nitrogens is 1. The first-order valence-corrected chi connectivity index (χ1v) is 12.3. The van der Waals surface area contributed by atoms with Crippen LogP contribution in [0.3, 0.4) is 0 Å². The van der Waals surface area contributed by atoms with Gasteiger partial charge in [0.25, 0.3) is 5.91 Å². The van der Waals surface area contributed by atoms with E-state index in [2.05, 4.69) is 15.1 Å². The summed E-state index contributed by atoms with van der Waals surface area (Å²) in [7, 11) is 1.55. The topological polar surface area (TPSA) is 109 Å². The molecule has 0 fully saturated rings. The summed E-state index contributed by atoms with van der Waals surface area (Å²) >= 11 is 1.23. The maximum absolute atomic E-state index is 12.8. The highest BCUT2D eigenvalue weighted by molar-refractivity contribution is 8.27. The zero-order valence-corrected chi connectivity index (χ0v) is 20.8. The molecule has 5 rings (SSSR count). The number of aliphatic imine (C=N–C) groups is 1. The van der Waals surface area contributed by atoms with Gasteiger partial charge in [0.1, 0.15) is 10.8 Å². The number of nitrogens with one attached hydrogen (secondary N) is 1. The minimum Gasteiger partial charge on any atom is -0.493 e. The second kappa shape index (κ2) is 11.1. The average molecular weight is 514 g/mol. The van der Waals surface area contributed by atoms with Gasteiger partial charge in [0.05, 0.1) is 25.9 Å². The normalized spacial score (nSPS) is 15.8. The summed E-state index contributed by atoms with van der Waals surface area (Å²) in [5, 5.41) is 15.4. The first kappa shape index (κ1) is 24.3. The lowest BCUT2D eigenvalue weighted by Gasteiger charge is -2.20.